The highest BCUT2D eigenvalue weighted by molar-refractivity contribution is 7.17. The standard InChI is InChI=1S/C14H21N3OS/c1-9(2)4-5-10(3)15-8-12-16-11-6-7-19-13(11)14(18)17-12/h6-7,9-10,15H,4-5,8H2,1-3H3,(H,16,17,18). The molecule has 2 heterocycles. The van der Waals surface area contributed by atoms with Crippen molar-refractivity contribution in [1.29, 1.82) is 0 Å². The van der Waals surface area contributed by atoms with Crippen molar-refractivity contribution in [3.8, 4) is 0 Å². The molecule has 2 aromatic heterocycles. The molecular formula is C14H21N3OS. The summed E-state index contributed by atoms with van der Waals surface area (Å²) in [7, 11) is 0. The Morgan fingerprint density at radius 1 is 1.37 bits per heavy atom. The van der Waals surface area contributed by atoms with E-state index >= 15 is 0 Å². The number of aromatic amines is 1. The number of H-pyrrole nitrogens is 1. The second-order valence-electron chi connectivity index (χ2n) is 5.40. The Morgan fingerprint density at radius 2 is 2.16 bits per heavy atom. The lowest BCUT2D eigenvalue weighted by Crippen LogP contribution is -2.27. The average Bonchev–Trinajstić information content (AvgIpc) is 2.82. The molecule has 0 bridgehead atoms. The van der Waals surface area contributed by atoms with Gasteiger partial charge in [-0.05, 0) is 37.1 Å². The number of aromatic nitrogens is 2. The summed E-state index contributed by atoms with van der Waals surface area (Å²) >= 11 is 1.43. The van der Waals surface area contributed by atoms with E-state index in [1.165, 1.54) is 17.8 Å². The summed E-state index contributed by atoms with van der Waals surface area (Å²) in [5.41, 5.74) is 0.756. The Kier molecular flexibility index (Phi) is 4.71. The Labute approximate surface area is 117 Å². The zero-order valence-electron chi connectivity index (χ0n) is 11.7. The van der Waals surface area contributed by atoms with E-state index < -0.39 is 0 Å². The molecule has 0 spiro atoms. The zero-order valence-corrected chi connectivity index (χ0v) is 12.5. The van der Waals surface area contributed by atoms with Gasteiger partial charge in [-0.3, -0.25) is 4.79 Å². The van der Waals surface area contributed by atoms with Gasteiger partial charge < -0.3 is 10.3 Å². The van der Waals surface area contributed by atoms with Gasteiger partial charge in [-0.2, -0.15) is 0 Å². The first-order valence-corrected chi connectivity index (χ1v) is 7.64. The molecule has 1 unspecified atom stereocenters. The van der Waals surface area contributed by atoms with Gasteiger partial charge in [-0.25, -0.2) is 4.98 Å². The Hall–Kier alpha value is -1.20. The number of rotatable bonds is 6. The molecule has 0 aliphatic heterocycles. The smallest absolute Gasteiger partial charge is 0.268 e. The first-order chi connectivity index (χ1) is 9.06. The van der Waals surface area contributed by atoms with Crippen LogP contribution in [0.3, 0.4) is 0 Å². The van der Waals surface area contributed by atoms with E-state index in [0.717, 1.165) is 17.9 Å². The summed E-state index contributed by atoms with van der Waals surface area (Å²) in [5, 5.41) is 5.31. The van der Waals surface area contributed by atoms with E-state index in [9.17, 15) is 4.79 Å². The van der Waals surface area contributed by atoms with Crippen molar-refractivity contribution in [2.24, 2.45) is 5.92 Å². The molecule has 19 heavy (non-hydrogen) atoms. The van der Waals surface area contributed by atoms with Gasteiger partial charge in [0.05, 0.1) is 12.1 Å². The highest BCUT2D eigenvalue weighted by Crippen LogP contribution is 2.13. The van der Waals surface area contributed by atoms with Crippen LogP contribution < -0.4 is 10.9 Å². The quantitative estimate of drug-likeness (QED) is 0.855. The molecule has 0 saturated carbocycles. The first-order valence-electron chi connectivity index (χ1n) is 6.76. The van der Waals surface area contributed by atoms with Gasteiger partial charge in [0.15, 0.2) is 0 Å². The number of nitrogens with one attached hydrogen (secondary N) is 2. The Morgan fingerprint density at radius 3 is 2.89 bits per heavy atom. The van der Waals surface area contributed by atoms with Crippen LogP contribution in [-0.2, 0) is 6.54 Å². The van der Waals surface area contributed by atoms with Crippen LogP contribution in [0.4, 0.5) is 0 Å². The van der Waals surface area contributed by atoms with E-state index in [1.807, 2.05) is 11.4 Å². The molecule has 2 rings (SSSR count). The molecular weight excluding hydrogens is 258 g/mol. The number of nitrogens with zero attached hydrogens (tertiary/aromatic N) is 1. The molecule has 104 valence electrons. The van der Waals surface area contributed by atoms with Crippen molar-refractivity contribution in [3.05, 3.63) is 27.6 Å². The zero-order chi connectivity index (χ0) is 13.8. The van der Waals surface area contributed by atoms with Gasteiger partial charge in [0.1, 0.15) is 10.5 Å². The maximum atomic E-state index is 11.8. The summed E-state index contributed by atoms with van der Waals surface area (Å²) in [5.74, 6) is 1.44. The van der Waals surface area contributed by atoms with Gasteiger partial charge in [-0.15, -0.1) is 11.3 Å². The van der Waals surface area contributed by atoms with Gasteiger partial charge in [0.2, 0.25) is 0 Å². The van der Waals surface area contributed by atoms with Crippen LogP contribution in [0.2, 0.25) is 0 Å². The maximum Gasteiger partial charge on any atom is 0.268 e. The fraction of sp³-hybridized carbons (Fsp3) is 0.571. The minimum atomic E-state index is -0.0355. The lowest BCUT2D eigenvalue weighted by atomic mass is 10.0. The SMILES string of the molecule is CC(C)CCC(C)NCc1nc2ccsc2c(=O)[nH]1. The molecule has 2 N–H and O–H groups in total. The predicted octanol–water partition coefficient (Wildman–Crippen LogP) is 2.90. The molecule has 0 aliphatic rings. The minimum Gasteiger partial charge on any atom is -0.308 e. The summed E-state index contributed by atoms with van der Waals surface area (Å²) < 4.78 is 0.705. The molecule has 0 aliphatic carbocycles. The molecule has 0 radical (unpaired) electrons. The second-order valence-corrected chi connectivity index (χ2v) is 6.32. The largest absolute Gasteiger partial charge is 0.308 e. The summed E-state index contributed by atoms with van der Waals surface area (Å²) in [6.45, 7) is 7.25. The van der Waals surface area contributed by atoms with Crippen LogP contribution in [0.15, 0.2) is 16.2 Å². The molecule has 0 saturated heterocycles. The van der Waals surface area contributed by atoms with E-state index in [-0.39, 0.29) is 5.56 Å². The van der Waals surface area contributed by atoms with Crippen molar-refractivity contribution >= 4 is 21.6 Å². The maximum absolute atomic E-state index is 11.8. The molecule has 5 heteroatoms. The van der Waals surface area contributed by atoms with Gasteiger partial charge in [-0.1, -0.05) is 13.8 Å². The van der Waals surface area contributed by atoms with Crippen LogP contribution >= 0.6 is 11.3 Å². The van der Waals surface area contributed by atoms with Crippen molar-refractivity contribution in [1.82, 2.24) is 15.3 Å². The third-order valence-electron chi connectivity index (χ3n) is 3.16. The number of hydrogen-bond acceptors (Lipinski definition) is 4. The Balaban J connectivity index is 1.96. The van der Waals surface area contributed by atoms with Crippen LogP contribution in [-0.4, -0.2) is 16.0 Å². The highest BCUT2D eigenvalue weighted by atomic mass is 32.1. The lowest BCUT2D eigenvalue weighted by molar-refractivity contribution is 0.446. The highest BCUT2D eigenvalue weighted by Gasteiger charge is 2.07. The van der Waals surface area contributed by atoms with E-state index in [1.54, 1.807) is 0 Å². The third-order valence-corrected chi connectivity index (χ3v) is 4.06. The van der Waals surface area contributed by atoms with E-state index in [0.29, 0.717) is 23.1 Å². The fourth-order valence-corrected chi connectivity index (χ4v) is 2.69. The summed E-state index contributed by atoms with van der Waals surface area (Å²) in [6, 6.07) is 2.33. The van der Waals surface area contributed by atoms with Crippen LogP contribution in [0.5, 0.6) is 0 Å². The van der Waals surface area contributed by atoms with Gasteiger partial charge >= 0.3 is 0 Å². The average molecular weight is 279 g/mol. The van der Waals surface area contributed by atoms with Crippen LogP contribution in [0.1, 0.15) is 39.4 Å². The van der Waals surface area contributed by atoms with Crippen LogP contribution in [0.25, 0.3) is 10.2 Å². The number of thiophene rings is 1. The van der Waals surface area contributed by atoms with Crippen LogP contribution in [0, 0.1) is 5.92 Å². The van der Waals surface area contributed by atoms with Gasteiger partial charge in [0.25, 0.3) is 5.56 Å². The van der Waals surface area contributed by atoms with E-state index in [2.05, 4.69) is 36.1 Å². The molecule has 0 fully saturated rings. The monoisotopic (exact) mass is 279 g/mol. The second kappa shape index (κ2) is 6.30. The Bertz CT molecular complexity index is 588. The molecule has 4 nitrogen and oxygen atoms in total. The van der Waals surface area contributed by atoms with Crippen molar-refractivity contribution in [3.63, 3.8) is 0 Å². The molecule has 0 amide bonds. The summed E-state index contributed by atoms with van der Waals surface area (Å²) in [6.07, 6.45) is 2.35. The molecule has 2 aromatic rings. The van der Waals surface area contributed by atoms with Crippen molar-refractivity contribution < 1.29 is 0 Å². The molecule has 0 aromatic carbocycles. The number of fused-ring (bicyclic) bond motifs is 1. The first kappa shape index (κ1) is 14.2. The van der Waals surface area contributed by atoms with Crippen molar-refractivity contribution in [2.45, 2.75) is 46.2 Å². The third kappa shape index (κ3) is 3.88. The normalized spacial score (nSPS) is 13.3. The topological polar surface area (TPSA) is 57.8 Å². The predicted molar refractivity (Wildman–Crippen MR) is 80.6 cm³/mol. The lowest BCUT2D eigenvalue weighted by Gasteiger charge is -2.14. The van der Waals surface area contributed by atoms with Gasteiger partial charge in [0, 0.05) is 6.04 Å². The minimum absolute atomic E-state index is 0.0355. The fourth-order valence-electron chi connectivity index (χ4n) is 1.96. The van der Waals surface area contributed by atoms with Crippen molar-refractivity contribution in [2.75, 3.05) is 0 Å². The van der Waals surface area contributed by atoms with E-state index in [4.69, 9.17) is 0 Å². The summed E-state index contributed by atoms with van der Waals surface area (Å²) in [4.78, 5) is 19.1. The molecule has 1 atom stereocenters. The number of hydrogen-bond donors (Lipinski definition) is 2.